The number of sulfonamides is 1. The van der Waals surface area contributed by atoms with Crippen molar-refractivity contribution in [3.05, 3.63) is 11.8 Å². The monoisotopic (exact) mass is 260 g/mol. The lowest BCUT2D eigenvalue weighted by molar-refractivity contribution is 0.533. The molecule has 0 saturated heterocycles. The highest BCUT2D eigenvalue weighted by Crippen LogP contribution is 2.13. The van der Waals surface area contributed by atoms with Crippen LogP contribution in [0.15, 0.2) is 11.2 Å². The molecule has 0 radical (unpaired) electrons. The topological polar surface area (TPSA) is 90.0 Å². The minimum absolute atomic E-state index is 0.108. The quantitative estimate of drug-likeness (QED) is 0.769. The molecular formula is C10H20N4O2S. The number of hydrogen-bond donors (Lipinski definition) is 2. The van der Waals surface area contributed by atoms with Crippen LogP contribution >= 0.6 is 0 Å². The van der Waals surface area contributed by atoms with E-state index in [1.807, 2.05) is 6.92 Å². The summed E-state index contributed by atoms with van der Waals surface area (Å²) in [6.07, 6.45) is 1.55. The van der Waals surface area contributed by atoms with Gasteiger partial charge in [-0.25, -0.2) is 13.6 Å². The molecule has 0 aromatic carbocycles. The van der Waals surface area contributed by atoms with E-state index in [4.69, 9.17) is 5.14 Å². The Morgan fingerprint density at radius 3 is 2.65 bits per heavy atom. The van der Waals surface area contributed by atoms with Crippen LogP contribution in [0.1, 0.15) is 26.3 Å². The normalized spacial score (nSPS) is 12.3. The van der Waals surface area contributed by atoms with Gasteiger partial charge in [0.05, 0.1) is 6.20 Å². The van der Waals surface area contributed by atoms with Crippen molar-refractivity contribution in [2.24, 2.45) is 11.1 Å². The fourth-order valence-electron chi connectivity index (χ4n) is 1.58. The van der Waals surface area contributed by atoms with Gasteiger partial charge in [-0.1, -0.05) is 13.8 Å². The minimum atomic E-state index is -3.72. The van der Waals surface area contributed by atoms with Crippen LogP contribution in [-0.4, -0.2) is 24.7 Å². The highest BCUT2D eigenvalue weighted by molar-refractivity contribution is 7.89. The summed E-state index contributed by atoms with van der Waals surface area (Å²) in [5, 5.41) is 12.5. The smallest absolute Gasteiger partial charge is 0.255 e. The number of nitrogens with one attached hydrogen (secondary N) is 1. The Hall–Kier alpha value is -0.920. The van der Waals surface area contributed by atoms with Gasteiger partial charge in [0.1, 0.15) is 0 Å². The summed E-state index contributed by atoms with van der Waals surface area (Å²) in [6.45, 7) is 7.76. The fraction of sp³-hybridized carbons (Fsp3) is 0.700. The predicted octanol–water partition coefficient (Wildman–Crippen LogP) is 0.296. The SMILES string of the molecule is CCn1ncc(CNCC(C)C)c1S(N)(=O)=O. The standard InChI is InChI=1S/C10H20N4O2S/c1-4-14-10(17(11,15)16)9(7-13-14)6-12-5-8(2)3/h7-8,12H,4-6H2,1-3H3,(H2,11,15,16). The number of hydrogen-bond acceptors (Lipinski definition) is 4. The first-order valence-corrected chi connectivity index (χ1v) is 7.19. The van der Waals surface area contributed by atoms with Crippen LogP contribution in [0.3, 0.4) is 0 Å². The molecule has 98 valence electrons. The molecule has 0 unspecified atom stereocenters. The predicted molar refractivity (Wildman–Crippen MR) is 65.8 cm³/mol. The number of nitrogens with two attached hydrogens (primary N) is 1. The number of nitrogens with zero attached hydrogens (tertiary/aromatic N) is 2. The molecule has 17 heavy (non-hydrogen) atoms. The van der Waals surface area contributed by atoms with Crippen molar-refractivity contribution in [1.29, 1.82) is 0 Å². The van der Waals surface area contributed by atoms with Gasteiger partial charge in [-0.3, -0.25) is 4.68 Å². The van der Waals surface area contributed by atoms with Crippen LogP contribution in [0.2, 0.25) is 0 Å². The van der Waals surface area contributed by atoms with Crippen LogP contribution in [0.25, 0.3) is 0 Å². The van der Waals surface area contributed by atoms with Crippen LogP contribution in [0.4, 0.5) is 0 Å². The zero-order valence-electron chi connectivity index (χ0n) is 10.5. The Labute approximate surface area is 102 Å². The third kappa shape index (κ3) is 3.79. The van der Waals surface area contributed by atoms with Crippen molar-refractivity contribution in [3.63, 3.8) is 0 Å². The molecule has 1 heterocycles. The second-order valence-corrected chi connectivity index (χ2v) is 5.84. The van der Waals surface area contributed by atoms with Crippen molar-refractivity contribution in [1.82, 2.24) is 15.1 Å². The van der Waals surface area contributed by atoms with E-state index in [-0.39, 0.29) is 5.03 Å². The molecule has 0 aliphatic carbocycles. The third-order valence-corrected chi connectivity index (χ3v) is 3.31. The Balaban J connectivity index is 2.90. The highest BCUT2D eigenvalue weighted by Gasteiger charge is 2.19. The lowest BCUT2D eigenvalue weighted by Crippen LogP contribution is -2.23. The van der Waals surface area contributed by atoms with Gasteiger partial charge in [0.2, 0.25) is 0 Å². The molecule has 1 rings (SSSR count). The van der Waals surface area contributed by atoms with E-state index in [1.165, 1.54) is 4.68 Å². The van der Waals surface area contributed by atoms with Gasteiger partial charge in [-0.2, -0.15) is 5.10 Å². The first kappa shape index (κ1) is 14.1. The number of aromatic nitrogens is 2. The molecule has 0 fully saturated rings. The minimum Gasteiger partial charge on any atom is -0.312 e. The van der Waals surface area contributed by atoms with Crippen LogP contribution in [-0.2, 0) is 23.1 Å². The zero-order chi connectivity index (χ0) is 13.1. The maximum Gasteiger partial charge on any atom is 0.255 e. The van der Waals surface area contributed by atoms with Crippen molar-refractivity contribution in [2.45, 2.75) is 38.9 Å². The molecule has 0 saturated carbocycles. The van der Waals surface area contributed by atoms with Gasteiger partial charge >= 0.3 is 0 Å². The van der Waals surface area contributed by atoms with Crippen LogP contribution < -0.4 is 10.5 Å². The molecule has 0 spiro atoms. The van der Waals surface area contributed by atoms with Crippen LogP contribution in [0, 0.1) is 5.92 Å². The first-order valence-electron chi connectivity index (χ1n) is 5.64. The lowest BCUT2D eigenvalue weighted by atomic mass is 10.2. The van der Waals surface area contributed by atoms with Gasteiger partial charge in [0.15, 0.2) is 5.03 Å². The highest BCUT2D eigenvalue weighted by atomic mass is 32.2. The van der Waals surface area contributed by atoms with Crippen molar-refractivity contribution in [3.8, 4) is 0 Å². The Morgan fingerprint density at radius 2 is 2.18 bits per heavy atom. The van der Waals surface area contributed by atoms with Crippen molar-refractivity contribution < 1.29 is 8.42 Å². The average Bonchev–Trinajstić information content (AvgIpc) is 2.59. The molecule has 3 N–H and O–H groups in total. The molecule has 0 aliphatic rings. The van der Waals surface area contributed by atoms with Crippen molar-refractivity contribution >= 4 is 10.0 Å². The van der Waals surface area contributed by atoms with Crippen molar-refractivity contribution in [2.75, 3.05) is 6.54 Å². The Morgan fingerprint density at radius 1 is 1.53 bits per heavy atom. The zero-order valence-corrected chi connectivity index (χ0v) is 11.3. The number of rotatable bonds is 6. The summed E-state index contributed by atoms with van der Waals surface area (Å²) in [7, 11) is -3.72. The van der Waals surface area contributed by atoms with Gasteiger partial charge in [-0.15, -0.1) is 0 Å². The van der Waals surface area contributed by atoms with Gasteiger partial charge < -0.3 is 5.32 Å². The molecule has 6 nitrogen and oxygen atoms in total. The maximum absolute atomic E-state index is 11.5. The van der Waals surface area contributed by atoms with Gasteiger partial charge in [0, 0.05) is 18.7 Å². The number of primary sulfonamides is 1. The van der Waals surface area contributed by atoms with E-state index in [0.29, 0.717) is 24.6 Å². The van der Waals surface area contributed by atoms with E-state index in [1.54, 1.807) is 6.20 Å². The molecule has 1 aromatic heterocycles. The molecule has 0 amide bonds. The summed E-state index contributed by atoms with van der Waals surface area (Å²) < 4.78 is 24.4. The second-order valence-electron chi connectivity index (χ2n) is 4.36. The van der Waals surface area contributed by atoms with E-state index in [2.05, 4.69) is 24.3 Å². The molecule has 7 heteroatoms. The summed E-state index contributed by atoms with van der Waals surface area (Å²) in [5.74, 6) is 0.508. The Kier molecular flexibility index (Phi) is 4.67. The van der Waals surface area contributed by atoms with Gasteiger partial charge in [0.25, 0.3) is 10.0 Å². The summed E-state index contributed by atoms with van der Waals surface area (Å²) in [6, 6.07) is 0. The second kappa shape index (κ2) is 5.61. The molecule has 0 bridgehead atoms. The van der Waals surface area contributed by atoms with E-state index < -0.39 is 10.0 Å². The van der Waals surface area contributed by atoms with E-state index in [0.717, 1.165) is 6.54 Å². The largest absolute Gasteiger partial charge is 0.312 e. The summed E-state index contributed by atoms with van der Waals surface area (Å²) >= 11 is 0. The lowest BCUT2D eigenvalue weighted by Gasteiger charge is -2.08. The number of aryl methyl sites for hydroxylation is 1. The van der Waals surface area contributed by atoms with E-state index in [9.17, 15) is 8.42 Å². The molecule has 0 atom stereocenters. The molecule has 1 aromatic rings. The summed E-state index contributed by atoms with van der Waals surface area (Å²) in [4.78, 5) is 0. The van der Waals surface area contributed by atoms with E-state index >= 15 is 0 Å². The first-order chi connectivity index (χ1) is 7.86. The average molecular weight is 260 g/mol. The molecule has 0 aliphatic heterocycles. The third-order valence-electron chi connectivity index (χ3n) is 2.30. The van der Waals surface area contributed by atoms with Gasteiger partial charge in [-0.05, 0) is 19.4 Å². The summed E-state index contributed by atoms with van der Waals surface area (Å²) in [5.41, 5.74) is 0.620. The Bertz CT molecular complexity index is 465. The fourth-order valence-corrected chi connectivity index (χ4v) is 2.54. The maximum atomic E-state index is 11.5. The molecular weight excluding hydrogens is 240 g/mol. The van der Waals surface area contributed by atoms with Crippen LogP contribution in [0.5, 0.6) is 0 Å².